The van der Waals surface area contributed by atoms with Crippen molar-refractivity contribution >= 4 is 34.8 Å². The van der Waals surface area contributed by atoms with Crippen LogP contribution < -0.4 is 20.0 Å². The van der Waals surface area contributed by atoms with Crippen LogP contribution in [0.1, 0.15) is 42.9 Å². The van der Waals surface area contributed by atoms with Crippen molar-refractivity contribution in [2.75, 3.05) is 48.1 Å². The fourth-order valence-corrected chi connectivity index (χ4v) is 8.05. The molecule has 10 heteroatoms. The fourth-order valence-electron chi connectivity index (χ4n) is 8.05. The van der Waals surface area contributed by atoms with Gasteiger partial charge in [0, 0.05) is 42.9 Å². The van der Waals surface area contributed by atoms with E-state index in [1.54, 1.807) is 48.1 Å². The molecule has 3 N–H and O–H groups in total. The van der Waals surface area contributed by atoms with E-state index in [0.717, 1.165) is 29.9 Å². The van der Waals surface area contributed by atoms with Crippen LogP contribution in [0.3, 0.4) is 0 Å². The minimum atomic E-state index is -1.88. The number of fused-ring (bicyclic) bond motifs is 2. The number of aliphatic hydroxyl groups excluding tert-OH is 1. The van der Waals surface area contributed by atoms with Gasteiger partial charge in [0.25, 0.3) is 11.8 Å². The Morgan fingerprint density at radius 3 is 2.42 bits per heavy atom. The maximum absolute atomic E-state index is 14.3. The molecule has 0 unspecified atom stereocenters. The zero-order valence-electron chi connectivity index (χ0n) is 27.5. The molecule has 3 atom stereocenters. The van der Waals surface area contributed by atoms with Gasteiger partial charge < -0.3 is 30.2 Å². The Morgan fingerprint density at radius 2 is 1.69 bits per heavy atom. The average molecular weight is 650 g/mol. The summed E-state index contributed by atoms with van der Waals surface area (Å²) in [6.45, 7) is 3.91. The van der Waals surface area contributed by atoms with E-state index >= 15 is 0 Å². The zero-order valence-corrected chi connectivity index (χ0v) is 27.5. The van der Waals surface area contributed by atoms with Gasteiger partial charge in [-0.3, -0.25) is 19.3 Å². The number of amides is 3. The van der Waals surface area contributed by atoms with Gasteiger partial charge in [-0.15, -0.1) is 0 Å². The largest absolute Gasteiger partial charge is 0.394 e. The maximum Gasteiger partial charge on any atom is 0.264 e. The van der Waals surface area contributed by atoms with Crippen molar-refractivity contribution in [3.05, 3.63) is 102 Å². The van der Waals surface area contributed by atoms with E-state index in [0.29, 0.717) is 49.4 Å². The molecule has 250 valence electrons. The summed E-state index contributed by atoms with van der Waals surface area (Å²) in [7, 11) is 1.64. The van der Waals surface area contributed by atoms with Crippen molar-refractivity contribution in [1.82, 2.24) is 10.2 Å². The number of carbonyl (C=O) groups excluding carboxylic acids is 3. The van der Waals surface area contributed by atoms with Gasteiger partial charge in [0.2, 0.25) is 5.91 Å². The van der Waals surface area contributed by atoms with E-state index in [1.807, 2.05) is 60.7 Å². The molecule has 3 amide bonds. The molecule has 4 aliphatic rings. The van der Waals surface area contributed by atoms with Crippen molar-refractivity contribution in [3.8, 4) is 0 Å². The smallest absolute Gasteiger partial charge is 0.264 e. The van der Waals surface area contributed by atoms with Gasteiger partial charge in [0.1, 0.15) is 5.54 Å². The lowest BCUT2D eigenvalue weighted by Gasteiger charge is -2.39. The molecule has 10 nitrogen and oxygen atoms in total. The van der Waals surface area contributed by atoms with Crippen LogP contribution in [0.15, 0.2) is 84.9 Å². The Kier molecular flexibility index (Phi) is 8.35. The van der Waals surface area contributed by atoms with E-state index in [9.17, 15) is 24.6 Å². The molecule has 2 saturated heterocycles. The molecule has 1 spiro atoms. The number of para-hydroxylation sites is 1. The molecule has 0 aromatic heterocycles. The number of nitrogens with zero attached hydrogens (tertiary/aromatic N) is 4. The summed E-state index contributed by atoms with van der Waals surface area (Å²) >= 11 is 0. The van der Waals surface area contributed by atoms with Crippen molar-refractivity contribution in [3.63, 3.8) is 0 Å². The number of hydrogen-bond acceptors (Lipinski definition) is 7. The predicted molar refractivity (Wildman–Crippen MR) is 184 cm³/mol. The van der Waals surface area contributed by atoms with Crippen LogP contribution in [0.4, 0.5) is 17.1 Å². The van der Waals surface area contributed by atoms with E-state index in [4.69, 9.17) is 0 Å². The van der Waals surface area contributed by atoms with Gasteiger partial charge in [-0.25, -0.2) is 0 Å². The fraction of sp³-hybridized carbons (Fsp3) is 0.395. The zero-order chi connectivity index (χ0) is 33.6. The Balaban J connectivity index is 1.13. The van der Waals surface area contributed by atoms with E-state index in [1.165, 1.54) is 4.90 Å². The minimum Gasteiger partial charge on any atom is -0.394 e. The molecule has 4 aliphatic heterocycles. The Morgan fingerprint density at radius 1 is 0.979 bits per heavy atom. The van der Waals surface area contributed by atoms with Gasteiger partial charge in [-0.05, 0) is 73.8 Å². The molecule has 0 aliphatic carbocycles. The van der Waals surface area contributed by atoms with Crippen LogP contribution in [0, 0.1) is 5.92 Å². The Hall–Kier alpha value is -4.51. The summed E-state index contributed by atoms with van der Waals surface area (Å²) in [6, 6.07) is 23.1. The molecular weight excluding hydrogens is 606 g/mol. The minimum absolute atomic E-state index is 0.0157. The number of likely N-dealkylation sites (N-methyl/N-ethyl adjacent to an activating group) is 1. The van der Waals surface area contributed by atoms with Gasteiger partial charge in [-0.2, -0.15) is 0 Å². The van der Waals surface area contributed by atoms with Crippen LogP contribution in [0.5, 0.6) is 0 Å². The molecule has 3 aromatic carbocycles. The number of anilines is 3. The summed E-state index contributed by atoms with van der Waals surface area (Å²) in [4.78, 5) is 48.5. The van der Waals surface area contributed by atoms with Crippen LogP contribution in [0.2, 0.25) is 0 Å². The first kappa shape index (κ1) is 32.1. The van der Waals surface area contributed by atoms with Crippen LogP contribution >= 0.6 is 0 Å². The van der Waals surface area contributed by atoms with Crippen molar-refractivity contribution in [1.29, 1.82) is 0 Å². The molecule has 0 saturated carbocycles. The monoisotopic (exact) mass is 649 g/mol. The number of aliphatic hydroxyl groups is 2. The quantitative estimate of drug-likeness (QED) is 0.337. The van der Waals surface area contributed by atoms with Crippen molar-refractivity contribution in [2.24, 2.45) is 5.92 Å². The number of nitrogens with one attached hydrogen (secondary N) is 1. The van der Waals surface area contributed by atoms with Gasteiger partial charge in [0.15, 0.2) is 5.60 Å². The summed E-state index contributed by atoms with van der Waals surface area (Å²) in [6.07, 6.45) is 5.45. The van der Waals surface area contributed by atoms with Gasteiger partial charge >= 0.3 is 0 Å². The normalized spacial score (nSPS) is 24.0. The second-order valence-corrected chi connectivity index (χ2v) is 13.5. The second-order valence-electron chi connectivity index (χ2n) is 13.5. The average Bonchev–Trinajstić information content (AvgIpc) is 3.50. The van der Waals surface area contributed by atoms with Crippen molar-refractivity contribution < 1.29 is 24.6 Å². The first-order valence-electron chi connectivity index (χ1n) is 16.8. The number of hydrogen-bond donors (Lipinski definition) is 3. The number of carbonyl (C=O) groups is 3. The van der Waals surface area contributed by atoms with E-state index in [2.05, 4.69) is 10.2 Å². The van der Waals surface area contributed by atoms with Crippen LogP contribution in [-0.2, 0) is 33.0 Å². The summed E-state index contributed by atoms with van der Waals surface area (Å²) < 4.78 is 0. The molecule has 4 heterocycles. The third-order valence-corrected chi connectivity index (χ3v) is 10.9. The molecule has 3 aromatic rings. The first-order valence-corrected chi connectivity index (χ1v) is 16.8. The predicted octanol–water partition coefficient (Wildman–Crippen LogP) is 3.31. The maximum atomic E-state index is 14.3. The van der Waals surface area contributed by atoms with E-state index in [-0.39, 0.29) is 30.9 Å². The number of piperidine rings is 1. The molecule has 7 rings (SSSR count). The molecule has 48 heavy (non-hydrogen) atoms. The first-order chi connectivity index (χ1) is 23.2. The highest BCUT2D eigenvalue weighted by Gasteiger charge is 2.55. The standard InChI is InChI=1S/C38H43N5O5/c1-26(9-8-14-34(45)41-23-28-11-7-6-10-27(28)21-31(41)24-44)38(48)32-22-30(15-16-33(32)40(2)36(38)47)42-25-43(29-12-4-3-5-13-29)37(35(42)46)17-19-39-20-18-37/h3-13,15-16,22,26,31,39,44,48H,14,17-21,23-25H2,1-2H3/b9-8+/t26-,31+,38+/m1/s1. The molecule has 0 bridgehead atoms. The van der Waals surface area contributed by atoms with Crippen LogP contribution in [-0.4, -0.2) is 77.8 Å². The van der Waals surface area contributed by atoms with Crippen LogP contribution in [0.25, 0.3) is 0 Å². The summed E-state index contributed by atoms with van der Waals surface area (Å²) in [5.74, 6) is -1.24. The highest BCUT2D eigenvalue weighted by molar-refractivity contribution is 6.09. The number of rotatable bonds is 7. The lowest BCUT2D eigenvalue weighted by molar-refractivity contribution is -0.139. The van der Waals surface area contributed by atoms with Gasteiger partial charge in [0.05, 0.1) is 25.0 Å². The topological polar surface area (TPSA) is 117 Å². The SMILES string of the molecule is C[C@H](/C=C/CC(=O)N1Cc2ccccc2C[C@H]1CO)[C@@]1(O)C(=O)N(C)c2ccc(N3CN(c4ccccc4)C4(CCNCC4)C3=O)cc21. The Bertz CT molecular complexity index is 1760. The third kappa shape index (κ3) is 5.10. The number of benzene rings is 3. The Labute approximate surface area is 281 Å². The second kappa shape index (κ2) is 12.5. The van der Waals surface area contributed by atoms with E-state index < -0.39 is 23.0 Å². The highest BCUT2D eigenvalue weighted by atomic mass is 16.3. The summed E-state index contributed by atoms with van der Waals surface area (Å²) in [5.41, 5.74) is 2.29. The molecule has 2 fully saturated rings. The molecular formula is C38H43N5O5. The summed E-state index contributed by atoms with van der Waals surface area (Å²) in [5, 5.41) is 25.6. The lowest BCUT2D eigenvalue weighted by Crippen LogP contribution is -2.55. The van der Waals surface area contributed by atoms with Crippen molar-refractivity contribution in [2.45, 2.75) is 56.3 Å². The third-order valence-electron chi connectivity index (χ3n) is 10.9. The van der Waals surface area contributed by atoms with Gasteiger partial charge in [-0.1, -0.05) is 61.5 Å². The highest BCUT2D eigenvalue weighted by Crippen LogP contribution is 2.47. The molecule has 0 radical (unpaired) electrons. The lowest BCUT2D eigenvalue weighted by atomic mass is 9.82.